The summed E-state index contributed by atoms with van der Waals surface area (Å²) >= 11 is 0. The highest BCUT2D eigenvalue weighted by Gasteiger charge is 2.54. The van der Waals surface area contributed by atoms with Crippen molar-refractivity contribution in [2.24, 2.45) is 17.8 Å². The summed E-state index contributed by atoms with van der Waals surface area (Å²) in [5, 5.41) is 25.6. The molecule has 3 aromatic heterocycles. The van der Waals surface area contributed by atoms with Crippen LogP contribution in [0, 0.1) is 31.6 Å². The maximum absolute atomic E-state index is 13.6. The molecule has 0 amide bonds. The highest BCUT2D eigenvalue weighted by atomic mass is 32.2. The lowest BCUT2D eigenvalue weighted by Crippen LogP contribution is -2.59. The molecule has 4 aliphatic carbocycles. The van der Waals surface area contributed by atoms with Crippen molar-refractivity contribution in [1.82, 2.24) is 24.1 Å². The molecule has 4 N–H and O–H groups in total. The van der Waals surface area contributed by atoms with E-state index in [9.17, 15) is 13.5 Å². The van der Waals surface area contributed by atoms with Crippen LogP contribution in [0.15, 0.2) is 47.5 Å². The zero-order valence-corrected chi connectivity index (χ0v) is 22.2. The summed E-state index contributed by atoms with van der Waals surface area (Å²) in [6, 6.07) is 10.5. The number of nitrogens with zero attached hydrogens (tertiary/aromatic N) is 4. The van der Waals surface area contributed by atoms with E-state index in [2.05, 4.69) is 20.8 Å². The van der Waals surface area contributed by atoms with Gasteiger partial charge in [-0.15, -0.1) is 0 Å². The van der Waals surface area contributed by atoms with Gasteiger partial charge in [0, 0.05) is 18.3 Å². The Labute approximate surface area is 220 Å². The lowest BCUT2D eigenvalue weighted by Gasteiger charge is -2.58. The molecular formula is C27H31N7O3S. The van der Waals surface area contributed by atoms with Crippen LogP contribution < -0.4 is 10.6 Å². The highest BCUT2D eigenvalue weighted by molar-refractivity contribution is 7.90. The normalized spacial score (nSPS) is 28.2. The van der Waals surface area contributed by atoms with Crippen molar-refractivity contribution in [3.8, 4) is 0 Å². The van der Waals surface area contributed by atoms with E-state index in [4.69, 9.17) is 9.97 Å². The Morgan fingerprint density at radius 1 is 1.05 bits per heavy atom. The average Bonchev–Trinajstić information content (AvgIpc) is 3.47. The molecule has 2 unspecified atom stereocenters. The molecule has 4 bridgehead atoms. The Hall–Kier alpha value is -3.44. The number of anilines is 3. The molecular weight excluding hydrogens is 502 g/mol. The minimum absolute atomic E-state index is 0.142. The van der Waals surface area contributed by atoms with Gasteiger partial charge in [0.2, 0.25) is 5.95 Å². The molecule has 0 spiro atoms. The Morgan fingerprint density at radius 3 is 2.45 bits per heavy atom. The second-order valence-corrected chi connectivity index (χ2v) is 13.3. The van der Waals surface area contributed by atoms with E-state index in [1.807, 2.05) is 19.9 Å². The fraction of sp³-hybridized carbons (Fsp3) is 0.444. The second-order valence-electron chi connectivity index (χ2n) is 11.5. The van der Waals surface area contributed by atoms with Gasteiger partial charge in [0.05, 0.1) is 21.6 Å². The number of fused-ring (bicyclic) bond motifs is 1. The number of benzene rings is 1. The Bertz CT molecular complexity index is 1630. The quantitative estimate of drug-likeness (QED) is 0.291. The summed E-state index contributed by atoms with van der Waals surface area (Å²) < 4.78 is 28.5. The van der Waals surface area contributed by atoms with Gasteiger partial charge >= 0.3 is 0 Å². The fourth-order valence-electron chi connectivity index (χ4n) is 7.15. The molecule has 0 saturated heterocycles. The lowest BCUT2D eigenvalue weighted by atomic mass is 9.52. The predicted molar refractivity (Wildman–Crippen MR) is 144 cm³/mol. The number of aliphatic hydroxyl groups is 1. The molecule has 10 nitrogen and oxygen atoms in total. The number of aromatic amines is 1. The Balaban J connectivity index is 1.31. The molecule has 3 heterocycles. The van der Waals surface area contributed by atoms with Crippen LogP contribution in [0.1, 0.15) is 43.4 Å². The summed E-state index contributed by atoms with van der Waals surface area (Å²) in [5.41, 5.74) is 1.56. The highest BCUT2D eigenvalue weighted by Crippen LogP contribution is 2.56. The summed E-state index contributed by atoms with van der Waals surface area (Å²) in [4.78, 5) is 9.75. The van der Waals surface area contributed by atoms with E-state index in [1.54, 1.807) is 30.3 Å². The van der Waals surface area contributed by atoms with E-state index < -0.39 is 15.6 Å². The standard InChI is InChI=1S/C27H31N7O3S/c1-15-3-5-20(6-4-15)38(36,37)34-8-7-21-24(28-22-9-16(2)32-33-22)30-26(31-25(21)34)29-23-18-10-17-11-19(23)14-27(35,12-17)13-18/h3-9,17-19,23,35H,10-14H2,1-2H3,(H3,28,29,30,31,32,33). The number of H-pyrrole nitrogens is 1. The van der Waals surface area contributed by atoms with Crippen LogP contribution in [0.3, 0.4) is 0 Å². The molecule has 4 saturated carbocycles. The van der Waals surface area contributed by atoms with Gasteiger partial charge in [-0.05, 0) is 81.9 Å². The topological polar surface area (TPSA) is 138 Å². The van der Waals surface area contributed by atoms with Gasteiger partial charge in [-0.2, -0.15) is 15.1 Å². The van der Waals surface area contributed by atoms with Crippen LogP contribution >= 0.6 is 0 Å². The summed E-state index contributed by atoms with van der Waals surface area (Å²) in [6.45, 7) is 3.81. The van der Waals surface area contributed by atoms with E-state index >= 15 is 0 Å². The summed E-state index contributed by atoms with van der Waals surface area (Å²) in [5.74, 6) is 2.79. The summed E-state index contributed by atoms with van der Waals surface area (Å²) in [7, 11) is -3.88. The molecule has 4 aliphatic rings. The van der Waals surface area contributed by atoms with Gasteiger partial charge in [-0.25, -0.2) is 12.4 Å². The number of hydrogen-bond donors (Lipinski definition) is 4. The van der Waals surface area contributed by atoms with Crippen molar-refractivity contribution in [2.45, 2.75) is 62.5 Å². The van der Waals surface area contributed by atoms with Gasteiger partial charge in [-0.1, -0.05) is 17.7 Å². The minimum Gasteiger partial charge on any atom is -0.390 e. The lowest BCUT2D eigenvalue weighted by molar-refractivity contribution is -0.129. The van der Waals surface area contributed by atoms with Crippen LogP contribution in [-0.2, 0) is 10.0 Å². The molecule has 0 aliphatic heterocycles. The number of nitrogens with one attached hydrogen (secondary N) is 3. The van der Waals surface area contributed by atoms with Crippen molar-refractivity contribution in [3.05, 3.63) is 53.9 Å². The van der Waals surface area contributed by atoms with Gasteiger partial charge in [0.25, 0.3) is 10.0 Å². The largest absolute Gasteiger partial charge is 0.390 e. The maximum atomic E-state index is 13.6. The number of aromatic nitrogens is 5. The third-order valence-electron chi connectivity index (χ3n) is 8.58. The van der Waals surface area contributed by atoms with Crippen LogP contribution in [0.4, 0.5) is 17.6 Å². The molecule has 2 atom stereocenters. The Kier molecular flexibility index (Phi) is 5.15. The molecule has 4 aromatic rings. The molecule has 38 heavy (non-hydrogen) atoms. The van der Waals surface area contributed by atoms with Crippen molar-refractivity contribution in [1.29, 1.82) is 0 Å². The van der Waals surface area contributed by atoms with E-state index in [1.165, 1.54) is 10.2 Å². The number of aryl methyl sites for hydroxylation is 2. The first-order chi connectivity index (χ1) is 18.2. The van der Waals surface area contributed by atoms with Crippen molar-refractivity contribution < 1.29 is 13.5 Å². The number of hydrogen-bond acceptors (Lipinski definition) is 8. The molecule has 8 rings (SSSR count). The van der Waals surface area contributed by atoms with Crippen LogP contribution in [-0.4, -0.2) is 49.3 Å². The monoisotopic (exact) mass is 533 g/mol. The van der Waals surface area contributed by atoms with Gasteiger partial charge in [-0.3, -0.25) is 5.10 Å². The van der Waals surface area contributed by atoms with E-state index in [0.717, 1.165) is 43.4 Å². The first-order valence-electron chi connectivity index (χ1n) is 13.2. The average molecular weight is 534 g/mol. The molecule has 11 heteroatoms. The van der Waals surface area contributed by atoms with Crippen molar-refractivity contribution in [2.75, 3.05) is 10.6 Å². The fourth-order valence-corrected chi connectivity index (χ4v) is 8.44. The predicted octanol–water partition coefficient (Wildman–Crippen LogP) is 4.10. The first-order valence-corrected chi connectivity index (χ1v) is 14.6. The third-order valence-corrected chi connectivity index (χ3v) is 10.3. The molecule has 4 fully saturated rings. The summed E-state index contributed by atoms with van der Waals surface area (Å²) in [6.07, 6.45) is 6.20. The molecule has 198 valence electrons. The maximum Gasteiger partial charge on any atom is 0.269 e. The second kappa shape index (κ2) is 8.28. The van der Waals surface area contributed by atoms with E-state index in [-0.39, 0.29) is 10.9 Å². The molecule has 1 aromatic carbocycles. The smallest absolute Gasteiger partial charge is 0.269 e. The SMILES string of the molecule is Cc1ccc(S(=O)(=O)n2ccc3c(Nc4cc(C)n[nH]4)nc(NC4C5CC6CC4CC(O)(C6)C5)nc32)cc1. The van der Waals surface area contributed by atoms with Crippen LogP contribution in [0.2, 0.25) is 0 Å². The van der Waals surface area contributed by atoms with Gasteiger partial charge < -0.3 is 15.7 Å². The number of rotatable bonds is 6. The third kappa shape index (κ3) is 3.87. The first kappa shape index (κ1) is 23.7. The van der Waals surface area contributed by atoms with Crippen molar-refractivity contribution >= 4 is 38.6 Å². The van der Waals surface area contributed by atoms with Crippen molar-refractivity contribution in [3.63, 3.8) is 0 Å². The zero-order valence-electron chi connectivity index (χ0n) is 21.3. The molecule has 0 radical (unpaired) electrons. The zero-order chi connectivity index (χ0) is 26.2. The Morgan fingerprint density at radius 2 is 1.79 bits per heavy atom. The van der Waals surface area contributed by atoms with E-state index in [0.29, 0.717) is 46.4 Å². The van der Waals surface area contributed by atoms with Crippen LogP contribution in [0.5, 0.6) is 0 Å². The minimum atomic E-state index is -3.88. The van der Waals surface area contributed by atoms with Crippen LogP contribution in [0.25, 0.3) is 11.0 Å². The van der Waals surface area contributed by atoms with Gasteiger partial charge in [0.1, 0.15) is 11.6 Å². The van der Waals surface area contributed by atoms with Gasteiger partial charge in [0.15, 0.2) is 5.65 Å².